The summed E-state index contributed by atoms with van der Waals surface area (Å²) in [6.07, 6.45) is 2.28. The highest BCUT2D eigenvalue weighted by Crippen LogP contribution is 2.35. The van der Waals surface area contributed by atoms with Crippen molar-refractivity contribution < 1.29 is 18.3 Å². The molecule has 1 aliphatic carbocycles. The Morgan fingerprint density at radius 3 is 2.29 bits per heavy atom. The first-order valence-electron chi connectivity index (χ1n) is 6.98. The Kier molecular flexibility index (Phi) is 4.63. The Bertz CT molecular complexity index is 644. The first kappa shape index (κ1) is 16.3. The fourth-order valence-corrected chi connectivity index (χ4v) is 5.45. The van der Waals surface area contributed by atoms with Crippen molar-refractivity contribution in [2.45, 2.75) is 43.3 Å². The van der Waals surface area contributed by atoms with E-state index >= 15 is 0 Å². The van der Waals surface area contributed by atoms with Gasteiger partial charge in [-0.2, -0.15) is 0 Å². The molecule has 0 aromatic heterocycles. The van der Waals surface area contributed by atoms with E-state index in [-0.39, 0.29) is 15.5 Å². The Morgan fingerprint density at radius 1 is 1.19 bits per heavy atom. The van der Waals surface area contributed by atoms with Crippen LogP contribution in [0.4, 0.5) is 0 Å². The van der Waals surface area contributed by atoms with E-state index in [4.69, 9.17) is 16.7 Å². The van der Waals surface area contributed by atoms with Gasteiger partial charge in [0.2, 0.25) is 0 Å². The second kappa shape index (κ2) is 5.97. The predicted molar refractivity (Wildman–Crippen MR) is 81.6 cm³/mol. The van der Waals surface area contributed by atoms with E-state index in [1.165, 1.54) is 18.2 Å². The molecule has 1 aromatic carbocycles. The normalized spacial score (nSPS) is 26.5. The topological polar surface area (TPSA) is 71.4 Å². The SMILES string of the molecule is CC1CC(C)CC(S(=O)(=O)c2ccc(Cl)c(C(=O)O)c2)C1. The Morgan fingerprint density at radius 2 is 1.76 bits per heavy atom. The van der Waals surface area contributed by atoms with Crippen molar-refractivity contribution in [3.63, 3.8) is 0 Å². The molecule has 21 heavy (non-hydrogen) atoms. The van der Waals surface area contributed by atoms with Gasteiger partial charge in [0.15, 0.2) is 9.84 Å². The van der Waals surface area contributed by atoms with Gasteiger partial charge in [-0.05, 0) is 49.3 Å². The summed E-state index contributed by atoms with van der Waals surface area (Å²) in [5.74, 6) is -0.498. The Balaban J connectivity index is 2.40. The number of hydrogen-bond donors (Lipinski definition) is 1. The van der Waals surface area contributed by atoms with Gasteiger partial charge in [0.1, 0.15) is 0 Å². The molecule has 2 unspecified atom stereocenters. The van der Waals surface area contributed by atoms with Crippen molar-refractivity contribution in [1.29, 1.82) is 0 Å². The molecule has 0 radical (unpaired) electrons. The number of benzene rings is 1. The molecule has 2 atom stereocenters. The van der Waals surface area contributed by atoms with Crippen LogP contribution in [0.3, 0.4) is 0 Å². The number of carboxylic acids is 1. The molecule has 0 amide bonds. The van der Waals surface area contributed by atoms with Crippen LogP contribution in [0.2, 0.25) is 5.02 Å². The third-order valence-electron chi connectivity index (χ3n) is 4.07. The van der Waals surface area contributed by atoms with E-state index < -0.39 is 21.1 Å². The minimum absolute atomic E-state index is 0.0480. The predicted octanol–water partition coefficient (Wildman–Crippen LogP) is 3.64. The molecule has 2 rings (SSSR count). The Hall–Kier alpha value is -1.07. The second-order valence-corrected chi connectivity index (χ2v) is 8.67. The Labute approximate surface area is 130 Å². The third kappa shape index (κ3) is 3.40. The van der Waals surface area contributed by atoms with Gasteiger partial charge in [0, 0.05) is 0 Å². The fraction of sp³-hybridized carbons (Fsp3) is 0.533. The number of aromatic carboxylic acids is 1. The number of carboxylic acid groups (broad SMARTS) is 1. The van der Waals surface area contributed by atoms with Gasteiger partial charge in [0.25, 0.3) is 0 Å². The van der Waals surface area contributed by atoms with Crippen molar-refractivity contribution in [3.8, 4) is 0 Å². The van der Waals surface area contributed by atoms with Crippen LogP contribution in [0.15, 0.2) is 23.1 Å². The van der Waals surface area contributed by atoms with Gasteiger partial charge in [0.05, 0.1) is 20.7 Å². The van der Waals surface area contributed by atoms with E-state index in [2.05, 4.69) is 13.8 Å². The van der Waals surface area contributed by atoms with E-state index in [0.717, 1.165) is 6.42 Å². The fourth-order valence-electron chi connectivity index (χ4n) is 3.16. The molecule has 1 saturated carbocycles. The van der Waals surface area contributed by atoms with Gasteiger partial charge in [-0.25, -0.2) is 13.2 Å². The summed E-state index contributed by atoms with van der Waals surface area (Å²) in [6, 6.07) is 3.91. The van der Waals surface area contributed by atoms with Crippen LogP contribution in [-0.4, -0.2) is 24.7 Å². The average molecular weight is 331 g/mol. The molecule has 0 bridgehead atoms. The highest BCUT2D eigenvalue weighted by atomic mass is 35.5. The van der Waals surface area contributed by atoms with Gasteiger partial charge in [-0.3, -0.25) is 0 Å². The summed E-state index contributed by atoms with van der Waals surface area (Å²) >= 11 is 5.80. The van der Waals surface area contributed by atoms with Crippen molar-refractivity contribution in [2.24, 2.45) is 11.8 Å². The van der Waals surface area contributed by atoms with Crippen LogP contribution >= 0.6 is 11.6 Å². The van der Waals surface area contributed by atoms with E-state index in [1.54, 1.807) is 0 Å². The maximum absolute atomic E-state index is 12.7. The molecule has 4 nitrogen and oxygen atoms in total. The largest absolute Gasteiger partial charge is 0.478 e. The number of hydrogen-bond acceptors (Lipinski definition) is 3. The molecular formula is C15H19ClO4S. The molecule has 116 valence electrons. The second-order valence-electron chi connectivity index (χ2n) is 6.03. The number of carbonyl (C=O) groups is 1. The van der Waals surface area contributed by atoms with E-state index in [0.29, 0.717) is 24.7 Å². The van der Waals surface area contributed by atoms with E-state index in [1.807, 2.05) is 0 Å². The summed E-state index contributed by atoms with van der Waals surface area (Å²) in [5.41, 5.74) is -0.172. The van der Waals surface area contributed by atoms with Gasteiger partial charge < -0.3 is 5.11 Å². The van der Waals surface area contributed by atoms with Crippen LogP contribution in [0.1, 0.15) is 43.5 Å². The molecule has 0 spiro atoms. The highest BCUT2D eigenvalue weighted by molar-refractivity contribution is 7.92. The first-order chi connectivity index (χ1) is 9.71. The minimum atomic E-state index is -3.52. The lowest BCUT2D eigenvalue weighted by Gasteiger charge is -2.31. The van der Waals surface area contributed by atoms with Gasteiger partial charge in [-0.15, -0.1) is 0 Å². The lowest BCUT2D eigenvalue weighted by atomic mass is 9.83. The summed E-state index contributed by atoms with van der Waals surface area (Å²) in [5, 5.41) is 8.67. The van der Waals surface area contributed by atoms with E-state index in [9.17, 15) is 13.2 Å². The lowest BCUT2D eigenvalue weighted by molar-refractivity contribution is 0.0697. The summed E-state index contributed by atoms with van der Waals surface area (Å²) < 4.78 is 25.5. The zero-order valence-corrected chi connectivity index (χ0v) is 13.6. The van der Waals surface area contributed by atoms with Crippen LogP contribution in [0.5, 0.6) is 0 Å². The monoisotopic (exact) mass is 330 g/mol. The third-order valence-corrected chi connectivity index (χ3v) is 6.57. The first-order valence-corrected chi connectivity index (χ1v) is 8.91. The molecule has 1 fully saturated rings. The standard InChI is InChI=1S/C15H19ClO4S/c1-9-5-10(2)7-12(6-9)21(19,20)11-3-4-14(16)13(8-11)15(17)18/h3-4,8-10,12H,5-7H2,1-2H3,(H,17,18). The molecule has 1 aliphatic rings. The van der Waals surface area contributed by atoms with Gasteiger partial charge >= 0.3 is 5.97 Å². The maximum atomic E-state index is 12.7. The van der Waals surface area contributed by atoms with Crippen molar-refractivity contribution in [2.75, 3.05) is 0 Å². The number of sulfone groups is 1. The molecule has 6 heteroatoms. The minimum Gasteiger partial charge on any atom is -0.478 e. The van der Waals surface area contributed by atoms with Crippen molar-refractivity contribution in [1.82, 2.24) is 0 Å². The molecule has 1 aromatic rings. The number of rotatable bonds is 3. The molecule has 0 heterocycles. The molecule has 0 saturated heterocycles. The van der Waals surface area contributed by atoms with Crippen molar-refractivity contribution >= 4 is 27.4 Å². The lowest BCUT2D eigenvalue weighted by Crippen LogP contribution is -2.31. The maximum Gasteiger partial charge on any atom is 0.337 e. The van der Waals surface area contributed by atoms with Gasteiger partial charge in [-0.1, -0.05) is 25.4 Å². The highest BCUT2D eigenvalue weighted by Gasteiger charge is 2.34. The number of halogens is 1. The quantitative estimate of drug-likeness (QED) is 0.918. The molecule has 1 N–H and O–H groups in total. The summed E-state index contributed by atoms with van der Waals surface area (Å²) in [4.78, 5) is 11.2. The summed E-state index contributed by atoms with van der Waals surface area (Å²) in [6.45, 7) is 4.12. The van der Waals surface area contributed by atoms with Crippen LogP contribution in [0.25, 0.3) is 0 Å². The zero-order valence-electron chi connectivity index (χ0n) is 12.0. The van der Waals surface area contributed by atoms with Crippen LogP contribution in [0, 0.1) is 11.8 Å². The zero-order chi connectivity index (χ0) is 15.8. The summed E-state index contributed by atoms with van der Waals surface area (Å²) in [7, 11) is -3.52. The smallest absolute Gasteiger partial charge is 0.337 e. The average Bonchev–Trinajstić information content (AvgIpc) is 2.37. The van der Waals surface area contributed by atoms with Crippen LogP contribution < -0.4 is 0 Å². The molecular weight excluding hydrogens is 312 g/mol. The van der Waals surface area contributed by atoms with Crippen molar-refractivity contribution in [3.05, 3.63) is 28.8 Å². The van der Waals surface area contributed by atoms with Crippen LogP contribution in [-0.2, 0) is 9.84 Å². The molecule has 0 aliphatic heterocycles.